The summed E-state index contributed by atoms with van der Waals surface area (Å²) in [5, 5.41) is 8.23. The lowest BCUT2D eigenvalue weighted by Gasteiger charge is -2.26. The van der Waals surface area contributed by atoms with Crippen LogP contribution in [-0.4, -0.2) is 30.5 Å². The Balaban J connectivity index is 2.14. The molecule has 0 heterocycles. The molecule has 5 nitrogen and oxygen atoms in total. The highest BCUT2D eigenvalue weighted by molar-refractivity contribution is 5.56. The normalized spacial score (nSPS) is 28.4. The Morgan fingerprint density at radius 1 is 1.38 bits per heavy atom. The second-order valence-corrected chi connectivity index (χ2v) is 3.20. The molecule has 0 aromatic heterocycles. The molecule has 1 rings (SSSR count). The molecule has 0 aliphatic heterocycles. The van der Waals surface area contributed by atoms with Crippen molar-refractivity contribution in [2.45, 2.75) is 37.8 Å². The maximum atomic E-state index is 10.1. The van der Waals surface area contributed by atoms with Crippen LogP contribution in [0.5, 0.6) is 0 Å². The van der Waals surface area contributed by atoms with Gasteiger partial charge in [0.05, 0.1) is 6.10 Å². The first-order valence-corrected chi connectivity index (χ1v) is 4.40. The van der Waals surface area contributed by atoms with Crippen molar-refractivity contribution in [1.82, 2.24) is 5.48 Å². The van der Waals surface area contributed by atoms with Crippen molar-refractivity contribution in [3.05, 3.63) is 0 Å². The van der Waals surface area contributed by atoms with Crippen LogP contribution in [0.25, 0.3) is 0 Å². The van der Waals surface area contributed by atoms with Crippen LogP contribution in [0.1, 0.15) is 25.7 Å². The molecule has 2 N–H and O–H groups in total. The van der Waals surface area contributed by atoms with Gasteiger partial charge in [-0.25, -0.2) is 4.79 Å². The minimum absolute atomic E-state index is 0.141. The van der Waals surface area contributed by atoms with Gasteiger partial charge in [-0.15, -0.1) is 5.48 Å². The van der Waals surface area contributed by atoms with Crippen molar-refractivity contribution in [3.8, 4) is 0 Å². The zero-order valence-corrected chi connectivity index (χ0v) is 7.66. The highest BCUT2D eigenvalue weighted by Crippen LogP contribution is 2.20. The number of carboxylic acid groups (broad SMARTS) is 1. The lowest BCUT2D eigenvalue weighted by molar-refractivity contribution is 0.00246. The second kappa shape index (κ2) is 5.04. The predicted octanol–water partition coefficient (Wildman–Crippen LogP) is 1.14. The molecule has 0 amide bonds. The molecule has 0 saturated heterocycles. The molecular formula is C8H15NO4. The van der Waals surface area contributed by atoms with Crippen molar-refractivity contribution < 1.29 is 19.5 Å². The molecule has 1 aliphatic rings. The Morgan fingerprint density at radius 2 is 2.00 bits per heavy atom. The van der Waals surface area contributed by atoms with Crippen molar-refractivity contribution >= 4 is 6.16 Å². The summed E-state index contributed by atoms with van der Waals surface area (Å²) in [6, 6.07) is 0.141. The Labute approximate surface area is 77.0 Å². The standard InChI is InChI=1S/C8H15NO4/c1-12-7-4-2-6(3-5-7)9-13-8(10)11/h6-7,9H,2-5H2,1H3,(H,10,11). The molecular weight excluding hydrogens is 174 g/mol. The van der Waals surface area contributed by atoms with Crippen LogP contribution in [0.2, 0.25) is 0 Å². The van der Waals surface area contributed by atoms with Crippen molar-refractivity contribution in [2.75, 3.05) is 7.11 Å². The van der Waals surface area contributed by atoms with Crippen LogP contribution in [0, 0.1) is 0 Å². The van der Waals surface area contributed by atoms with Gasteiger partial charge < -0.3 is 14.7 Å². The van der Waals surface area contributed by atoms with Gasteiger partial charge in [0.15, 0.2) is 0 Å². The number of methoxy groups -OCH3 is 1. The Bertz CT molecular complexity index is 166. The number of hydroxylamine groups is 1. The molecule has 0 unspecified atom stereocenters. The summed E-state index contributed by atoms with van der Waals surface area (Å²) in [7, 11) is 1.70. The van der Waals surface area contributed by atoms with E-state index in [9.17, 15) is 4.79 Å². The van der Waals surface area contributed by atoms with Crippen molar-refractivity contribution in [2.24, 2.45) is 0 Å². The molecule has 76 valence electrons. The summed E-state index contributed by atoms with van der Waals surface area (Å²) in [6.45, 7) is 0. The minimum Gasteiger partial charge on any atom is -0.448 e. The zero-order valence-electron chi connectivity index (χ0n) is 7.66. The molecule has 1 saturated carbocycles. The van der Waals surface area contributed by atoms with E-state index in [2.05, 4.69) is 10.3 Å². The van der Waals surface area contributed by atoms with Gasteiger partial charge in [0.1, 0.15) is 0 Å². The van der Waals surface area contributed by atoms with Crippen molar-refractivity contribution in [1.29, 1.82) is 0 Å². The molecule has 1 fully saturated rings. The first kappa shape index (κ1) is 10.3. The number of ether oxygens (including phenoxy) is 1. The largest absolute Gasteiger partial charge is 0.525 e. The highest BCUT2D eigenvalue weighted by Gasteiger charge is 2.21. The number of hydrogen-bond acceptors (Lipinski definition) is 4. The maximum Gasteiger partial charge on any atom is 0.525 e. The summed E-state index contributed by atoms with van der Waals surface area (Å²) in [6.07, 6.45) is 2.74. The Hall–Kier alpha value is -0.810. The number of carbonyl (C=O) groups is 1. The first-order valence-electron chi connectivity index (χ1n) is 4.40. The van der Waals surface area contributed by atoms with E-state index in [-0.39, 0.29) is 6.04 Å². The van der Waals surface area contributed by atoms with Gasteiger partial charge in [-0.3, -0.25) is 0 Å². The van der Waals surface area contributed by atoms with E-state index in [4.69, 9.17) is 9.84 Å². The van der Waals surface area contributed by atoms with Gasteiger partial charge in [0.2, 0.25) is 0 Å². The molecule has 0 atom stereocenters. The number of hydrogen-bond donors (Lipinski definition) is 2. The Morgan fingerprint density at radius 3 is 2.46 bits per heavy atom. The summed E-state index contributed by atoms with van der Waals surface area (Å²) >= 11 is 0. The van der Waals surface area contributed by atoms with Crippen LogP contribution < -0.4 is 5.48 Å². The number of rotatable bonds is 3. The molecule has 1 aliphatic carbocycles. The third-order valence-corrected chi connectivity index (χ3v) is 2.32. The minimum atomic E-state index is -1.28. The SMILES string of the molecule is COC1CCC(NOC(=O)O)CC1. The van der Waals surface area contributed by atoms with Crippen LogP contribution in [0.4, 0.5) is 4.79 Å². The van der Waals surface area contributed by atoms with E-state index in [1.165, 1.54) is 0 Å². The third kappa shape index (κ3) is 3.61. The molecule has 0 aromatic carbocycles. The van der Waals surface area contributed by atoms with Gasteiger partial charge in [-0.1, -0.05) is 0 Å². The zero-order chi connectivity index (χ0) is 9.68. The fourth-order valence-electron chi connectivity index (χ4n) is 1.55. The van der Waals surface area contributed by atoms with Crippen LogP contribution >= 0.6 is 0 Å². The van der Waals surface area contributed by atoms with Crippen molar-refractivity contribution in [3.63, 3.8) is 0 Å². The highest BCUT2D eigenvalue weighted by atomic mass is 16.8. The van der Waals surface area contributed by atoms with Crippen LogP contribution in [-0.2, 0) is 9.57 Å². The monoisotopic (exact) mass is 189 g/mol. The molecule has 0 spiro atoms. The first-order chi connectivity index (χ1) is 6.22. The summed E-state index contributed by atoms with van der Waals surface area (Å²) in [5.74, 6) is 0. The second-order valence-electron chi connectivity index (χ2n) is 3.20. The average molecular weight is 189 g/mol. The fourth-order valence-corrected chi connectivity index (χ4v) is 1.55. The van der Waals surface area contributed by atoms with Gasteiger partial charge in [0.25, 0.3) is 0 Å². The van der Waals surface area contributed by atoms with Crippen LogP contribution in [0.3, 0.4) is 0 Å². The Kier molecular flexibility index (Phi) is 3.98. The molecule has 0 radical (unpaired) electrons. The van der Waals surface area contributed by atoms with Gasteiger partial charge in [-0.2, -0.15) is 0 Å². The van der Waals surface area contributed by atoms with Gasteiger partial charge in [-0.05, 0) is 25.7 Å². The average Bonchev–Trinajstić information content (AvgIpc) is 2.15. The lowest BCUT2D eigenvalue weighted by Crippen LogP contribution is -2.36. The smallest absolute Gasteiger partial charge is 0.448 e. The lowest BCUT2D eigenvalue weighted by atomic mass is 9.94. The number of nitrogens with one attached hydrogen (secondary N) is 1. The van der Waals surface area contributed by atoms with E-state index < -0.39 is 6.16 Å². The third-order valence-electron chi connectivity index (χ3n) is 2.32. The molecule has 13 heavy (non-hydrogen) atoms. The summed E-state index contributed by atoms with van der Waals surface area (Å²) in [4.78, 5) is 14.3. The summed E-state index contributed by atoms with van der Waals surface area (Å²) < 4.78 is 5.18. The fraction of sp³-hybridized carbons (Fsp3) is 0.875. The van der Waals surface area contributed by atoms with E-state index in [0.29, 0.717) is 6.10 Å². The summed E-state index contributed by atoms with van der Waals surface area (Å²) in [5.41, 5.74) is 2.51. The van der Waals surface area contributed by atoms with E-state index in [1.54, 1.807) is 7.11 Å². The quantitative estimate of drug-likeness (QED) is 0.652. The molecule has 0 aromatic rings. The predicted molar refractivity (Wildman–Crippen MR) is 45.3 cm³/mol. The van der Waals surface area contributed by atoms with E-state index in [0.717, 1.165) is 25.7 Å². The van der Waals surface area contributed by atoms with E-state index in [1.807, 2.05) is 0 Å². The van der Waals surface area contributed by atoms with Crippen LogP contribution in [0.15, 0.2) is 0 Å². The topological polar surface area (TPSA) is 67.8 Å². The maximum absolute atomic E-state index is 10.1. The van der Waals surface area contributed by atoms with Gasteiger partial charge in [0, 0.05) is 13.2 Å². The van der Waals surface area contributed by atoms with Gasteiger partial charge >= 0.3 is 6.16 Å². The molecule has 5 heteroatoms. The van der Waals surface area contributed by atoms with E-state index >= 15 is 0 Å². The molecule has 0 bridgehead atoms.